The lowest BCUT2D eigenvalue weighted by atomic mass is 10.1. The van der Waals surface area contributed by atoms with Crippen LogP contribution in [-0.4, -0.2) is 21.3 Å². The molecule has 3 rings (SSSR count). The Morgan fingerprint density at radius 3 is 2.85 bits per heavy atom. The average molecular weight is 268 g/mol. The molecule has 5 heteroatoms. The number of fused-ring (bicyclic) bond motifs is 1. The largest absolute Gasteiger partial charge is 0.475 e. The summed E-state index contributed by atoms with van der Waals surface area (Å²) < 4.78 is 5.61. The Kier molecular flexibility index (Phi) is 3.02. The highest BCUT2D eigenvalue weighted by Gasteiger charge is 2.10. The molecule has 1 aromatic carbocycles. The topological polar surface area (TPSA) is 76.8 Å². The molecular formula is C15H16N4O. The van der Waals surface area contributed by atoms with Gasteiger partial charge in [-0.1, -0.05) is 0 Å². The molecular weight excluding hydrogens is 252 g/mol. The normalized spacial score (nSPS) is 11.2. The highest BCUT2D eigenvalue weighted by Crippen LogP contribution is 2.29. The van der Waals surface area contributed by atoms with Crippen LogP contribution >= 0.6 is 0 Å². The van der Waals surface area contributed by atoms with Gasteiger partial charge in [0, 0.05) is 28.9 Å². The number of nitrogen functional groups attached to an aromatic ring is 1. The second-order valence-corrected chi connectivity index (χ2v) is 4.93. The van der Waals surface area contributed by atoms with Gasteiger partial charge in [-0.25, -0.2) is 4.98 Å². The van der Waals surface area contributed by atoms with Crippen LogP contribution in [0.3, 0.4) is 0 Å². The summed E-state index contributed by atoms with van der Waals surface area (Å²) in [4.78, 5) is 4.20. The molecule has 102 valence electrons. The first-order valence-electron chi connectivity index (χ1n) is 6.50. The number of nitrogens with zero attached hydrogens (tertiary/aromatic N) is 2. The molecule has 5 nitrogen and oxygen atoms in total. The molecule has 0 aliphatic rings. The summed E-state index contributed by atoms with van der Waals surface area (Å²) in [5.41, 5.74) is 9.32. The van der Waals surface area contributed by atoms with Gasteiger partial charge in [0.15, 0.2) is 0 Å². The summed E-state index contributed by atoms with van der Waals surface area (Å²) in [7, 11) is 0. The second-order valence-electron chi connectivity index (χ2n) is 4.93. The third-order valence-electron chi connectivity index (χ3n) is 2.95. The standard InChI is InChI=1S/C15H16N4O/c1-9(2)20-14-7-10(5-6-17-14)15-12-8-11(16)3-4-13(12)18-19-15/h3-9H,16H2,1-2H3,(H,18,19). The van der Waals surface area contributed by atoms with Crippen LogP contribution in [0.1, 0.15) is 13.8 Å². The fraction of sp³-hybridized carbons (Fsp3) is 0.200. The maximum atomic E-state index is 5.85. The van der Waals surface area contributed by atoms with E-state index in [-0.39, 0.29) is 6.10 Å². The Labute approximate surface area is 116 Å². The van der Waals surface area contributed by atoms with Gasteiger partial charge < -0.3 is 10.5 Å². The molecule has 0 amide bonds. The number of aromatic nitrogens is 3. The molecule has 3 N–H and O–H groups in total. The number of anilines is 1. The van der Waals surface area contributed by atoms with Gasteiger partial charge in [-0.15, -0.1) is 0 Å². The summed E-state index contributed by atoms with van der Waals surface area (Å²) in [6, 6.07) is 9.49. The van der Waals surface area contributed by atoms with Crippen LogP contribution in [0, 0.1) is 0 Å². The van der Waals surface area contributed by atoms with Crippen molar-refractivity contribution in [3.05, 3.63) is 36.5 Å². The maximum Gasteiger partial charge on any atom is 0.214 e. The van der Waals surface area contributed by atoms with Gasteiger partial charge in [0.1, 0.15) is 5.69 Å². The third-order valence-corrected chi connectivity index (χ3v) is 2.95. The first kappa shape index (κ1) is 12.5. The molecule has 3 aromatic rings. The first-order chi connectivity index (χ1) is 9.63. The van der Waals surface area contributed by atoms with Crippen LogP contribution in [0.2, 0.25) is 0 Å². The van der Waals surface area contributed by atoms with Crippen molar-refractivity contribution in [1.29, 1.82) is 0 Å². The van der Waals surface area contributed by atoms with Gasteiger partial charge in [-0.05, 0) is 38.1 Å². The minimum absolute atomic E-state index is 0.0873. The number of hydrogen-bond acceptors (Lipinski definition) is 4. The van der Waals surface area contributed by atoms with Crippen molar-refractivity contribution in [1.82, 2.24) is 15.2 Å². The Morgan fingerprint density at radius 1 is 1.20 bits per heavy atom. The molecule has 0 radical (unpaired) electrons. The summed E-state index contributed by atoms with van der Waals surface area (Å²) in [5.74, 6) is 0.595. The van der Waals surface area contributed by atoms with Gasteiger partial charge in [0.2, 0.25) is 5.88 Å². The SMILES string of the molecule is CC(C)Oc1cc(-c2n[nH]c3ccc(N)cc23)ccn1. The van der Waals surface area contributed by atoms with Gasteiger partial charge in [-0.3, -0.25) is 5.10 Å². The van der Waals surface area contributed by atoms with E-state index >= 15 is 0 Å². The molecule has 20 heavy (non-hydrogen) atoms. The highest BCUT2D eigenvalue weighted by molar-refractivity contribution is 5.94. The van der Waals surface area contributed by atoms with Crippen molar-refractivity contribution in [3.63, 3.8) is 0 Å². The average Bonchev–Trinajstić information content (AvgIpc) is 2.81. The molecule has 0 aliphatic heterocycles. The molecule has 0 unspecified atom stereocenters. The fourth-order valence-corrected chi connectivity index (χ4v) is 2.11. The van der Waals surface area contributed by atoms with Crippen molar-refractivity contribution in [3.8, 4) is 17.1 Å². The molecule has 0 spiro atoms. The van der Waals surface area contributed by atoms with Crippen LogP contribution in [0.5, 0.6) is 5.88 Å². The zero-order valence-corrected chi connectivity index (χ0v) is 11.4. The number of pyridine rings is 1. The van der Waals surface area contributed by atoms with E-state index in [1.165, 1.54) is 0 Å². The zero-order valence-electron chi connectivity index (χ0n) is 11.4. The van der Waals surface area contributed by atoms with Crippen LogP contribution < -0.4 is 10.5 Å². The second kappa shape index (κ2) is 4.85. The lowest BCUT2D eigenvalue weighted by molar-refractivity contribution is 0.233. The molecule has 0 atom stereocenters. The van der Waals surface area contributed by atoms with Crippen LogP contribution in [0.4, 0.5) is 5.69 Å². The molecule has 0 saturated heterocycles. The summed E-state index contributed by atoms with van der Waals surface area (Å²) >= 11 is 0. The number of H-pyrrole nitrogens is 1. The van der Waals surface area contributed by atoms with Crippen molar-refractivity contribution >= 4 is 16.6 Å². The summed E-state index contributed by atoms with van der Waals surface area (Å²) in [5, 5.41) is 8.36. The lowest BCUT2D eigenvalue weighted by Gasteiger charge is -2.09. The van der Waals surface area contributed by atoms with Crippen LogP contribution in [-0.2, 0) is 0 Å². The molecule has 2 heterocycles. The van der Waals surface area contributed by atoms with E-state index in [1.807, 2.05) is 44.2 Å². The zero-order chi connectivity index (χ0) is 14.1. The molecule has 2 aromatic heterocycles. The third kappa shape index (κ3) is 2.30. The quantitative estimate of drug-likeness (QED) is 0.716. The minimum Gasteiger partial charge on any atom is -0.475 e. The minimum atomic E-state index is 0.0873. The molecule has 0 saturated carbocycles. The van der Waals surface area contributed by atoms with Gasteiger partial charge in [0.25, 0.3) is 0 Å². The van der Waals surface area contributed by atoms with E-state index in [4.69, 9.17) is 10.5 Å². The first-order valence-corrected chi connectivity index (χ1v) is 6.50. The van der Waals surface area contributed by atoms with E-state index < -0.39 is 0 Å². The van der Waals surface area contributed by atoms with Crippen molar-refractivity contribution in [2.24, 2.45) is 0 Å². The number of nitrogens with two attached hydrogens (primary N) is 1. The van der Waals surface area contributed by atoms with Crippen molar-refractivity contribution < 1.29 is 4.74 Å². The van der Waals surface area contributed by atoms with E-state index in [2.05, 4.69) is 15.2 Å². The van der Waals surface area contributed by atoms with Gasteiger partial charge in [-0.2, -0.15) is 5.10 Å². The van der Waals surface area contributed by atoms with E-state index in [9.17, 15) is 0 Å². The fourth-order valence-electron chi connectivity index (χ4n) is 2.11. The Balaban J connectivity index is 2.08. The molecule has 0 bridgehead atoms. The number of rotatable bonds is 3. The Bertz CT molecular complexity index is 748. The lowest BCUT2D eigenvalue weighted by Crippen LogP contribution is -2.06. The number of hydrogen-bond donors (Lipinski definition) is 2. The van der Waals surface area contributed by atoms with Gasteiger partial charge >= 0.3 is 0 Å². The summed E-state index contributed by atoms with van der Waals surface area (Å²) in [6.45, 7) is 3.94. The van der Waals surface area contributed by atoms with Crippen molar-refractivity contribution in [2.45, 2.75) is 20.0 Å². The predicted octanol–water partition coefficient (Wildman–Crippen LogP) is 2.99. The van der Waals surface area contributed by atoms with Crippen LogP contribution in [0.15, 0.2) is 36.5 Å². The Morgan fingerprint density at radius 2 is 2.05 bits per heavy atom. The summed E-state index contributed by atoms with van der Waals surface area (Å²) in [6.07, 6.45) is 1.81. The predicted molar refractivity (Wildman–Crippen MR) is 79.5 cm³/mol. The molecule has 0 fully saturated rings. The van der Waals surface area contributed by atoms with E-state index in [0.29, 0.717) is 11.6 Å². The number of aromatic amines is 1. The maximum absolute atomic E-state index is 5.85. The monoisotopic (exact) mass is 268 g/mol. The van der Waals surface area contributed by atoms with E-state index in [1.54, 1.807) is 6.20 Å². The number of benzene rings is 1. The van der Waals surface area contributed by atoms with Crippen molar-refractivity contribution in [2.75, 3.05) is 5.73 Å². The smallest absolute Gasteiger partial charge is 0.214 e. The number of nitrogens with one attached hydrogen (secondary N) is 1. The van der Waals surface area contributed by atoms with Crippen LogP contribution in [0.25, 0.3) is 22.2 Å². The number of ether oxygens (including phenoxy) is 1. The highest BCUT2D eigenvalue weighted by atomic mass is 16.5. The van der Waals surface area contributed by atoms with Gasteiger partial charge in [0.05, 0.1) is 11.6 Å². The Hall–Kier alpha value is -2.56. The molecule has 0 aliphatic carbocycles. The van der Waals surface area contributed by atoms with E-state index in [0.717, 1.165) is 22.2 Å².